The number of aryl methyl sites for hydroxylation is 1. The molecule has 0 unspecified atom stereocenters. The minimum absolute atomic E-state index is 0.109. The highest BCUT2D eigenvalue weighted by Gasteiger charge is 2.31. The van der Waals surface area contributed by atoms with Crippen molar-refractivity contribution in [1.82, 2.24) is 19.5 Å². The lowest BCUT2D eigenvalue weighted by atomic mass is 9.99. The average Bonchev–Trinajstić information content (AvgIpc) is 3.15. The molecule has 4 rings (SSSR count). The molecule has 2 aromatic heterocycles. The maximum atomic E-state index is 10.8. The van der Waals surface area contributed by atoms with Gasteiger partial charge in [-0.05, 0) is 37.5 Å². The Morgan fingerprint density at radius 2 is 1.92 bits per heavy atom. The molecule has 1 aliphatic heterocycles. The molecule has 138 valence electrons. The first-order valence-corrected chi connectivity index (χ1v) is 9.49. The summed E-state index contributed by atoms with van der Waals surface area (Å²) in [6, 6.07) is 7.80. The molecule has 0 saturated carbocycles. The topological polar surface area (TPSA) is 83.1 Å². The number of thiazole rings is 1. The molecule has 7 nitrogen and oxygen atoms in total. The van der Waals surface area contributed by atoms with Crippen LogP contribution in [0, 0.1) is 6.92 Å². The zero-order chi connectivity index (χ0) is 18.3. The number of aromatic nitrogens is 3. The van der Waals surface area contributed by atoms with Crippen molar-refractivity contribution >= 4 is 16.3 Å². The van der Waals surface area contributed by atoms with Crippen molar-refractivity contribution in [1.29, 1.82) is 0 Å². The van der Waals surface area contributed by atoms with E-state index in [-0.39, 0.29) is 18.0 Å². The number of rotatable bonds is 4. The van der Waals surface area contributed by atoms with Crippen molar-refractivity contribution in [3.8, 4) is 11.6 Å². The second-order valence-electron chi connectivity index (χ2n) is 6.59. The number of fused-ring (bicyclic) bond motifs is 1. The van der Waals surface area contributed by atoms with Crippen LogP contribution >= 0.6 is 11.3 Å². The van der Waals surface area contributed by atoms with E-state index in [0.29, 0.717) is 10.8 Å². The molecule has 0 bridgehead atoms. The molecule has 0 aliphatic carbocycles. The van der Waals surface area contributed by atoms with Gasteiger partial charge in [-0.2, -0.15) is 4.52 Å². The van der Waals surface area contributed by atoms with Gasteiger partial charge < -0.3 is 14.9 Å². The van der Waals surface area contributed by atoms with E-state index >= 15 is 0 Å². The van der Waals surface area contributed by atoms with Gasteiger partial charge in [0.05, 0.1) is 24.1 Å². The fourth-order valence-corrected chi connectivity index (χ4v) is 4.65. The van der Waals surface area contributed by atoms with Gasteiger partial charge >= 0.3 is 0 Å². The Balaban J connectivity index is 1.77. The first-order chi connectivity index (χ1) is 12.6. The van der Waals surface area contributed by atoms with Crippen molar-refractivity contribution in [2.45, 2.75) is 31.9 Å². The van der Waals surface area contributed by atoms with E-state index in [4.69, 9.17) is 4.74 Å². The number of aliphatic hydroxyl groups is 1. The first-order valence-electron chi connectivity index (χ1n) is 8.68. The van der Waals surface area contributed by atoms with Gasteiger partial charge in [0.25, 0.3) is 0 Å². The number of aliphatic hydroxyl groups excluding tert-OH is 1. The summed E-state index contributed by atoms with van der Waals surface area (Å²) in [7, 11) is 1.65. The molecule has 2 N–H and O–H groups in total. The van der Waals surface area contributed by atoms with Gasteiger partial charge in [0.15, 0.2) is 0 Å². The van der Waals surface area contributed by atoms with Crippen LogP contribution < -0.4 is 4.74 Å². The van der Waals surface area contributed by atoms with Crippen LogP contribution in [0.5, 0.6) is 11.6 Å². The van der Waals surface area contributed by atoms with Gasteiger partial charge in [-0.15, -0.1) is 5.10 Å². The minimum atomic E-state index is -0.249. The molecule has 8 heteroatoms. The lowest BCUT2D eigenvalue weighted by Crippen LogP contribution is -2.38. The highest BCUT2D eigenvalue weighted by Crippen LogP contribution is 2.41. The van der Waals surface area contributed by atoms with Crippen molar-refractivity contribution < 1.29 is 14.9 Å². The van der Waals surface area contributed by atoms with Crippen LogP contribution in [0.15, 0.2) is 24.3 Å². The number of hydrogen-bond donors (Lipinski definition) is 2. The quantitative estimate of drug-likeness (QED) is 0.729. The van der Waals surface area contributed by atoms with Gasteiger partial charge in [-0.1, -0.05) is 23.5 Å². The lowest BCUT2D eigenvalue weighted by molar-refractivity contribution is 0.0689. The Morgan fingerprint density at radius 3 is 2.54 bits per heavy atom. The normalized spacial score (nSPS) is 17.7. The summed E-state index contributed by atoms with van der Waals surface area (Å²) in [6.07, 6.45) is 1.21. The molecule has 26 heavy (non-hydrogen) atoms. The molecule has 0 amide bonds. The van der Waals surface area contributed by atoms with Crippen LogP contribution in [0.4, 0.5) is 0 Å². The van der Waals surface area contributed by atoms with E-state index in [1.807, 2.05) is 31.2 Å². The van der Waals surface area contributed by atoms with E-state index in [1.54, 1.807) is 7.11 Å². The third-order valence-electron chi connectivity index (χ3n) is 4.85. The fraction of sp³-hybridized carbons (Fsp3) is 0.444. The van der Waals surface area contributed by atoms with Crippen LogP contribution in [-0.4, -0.2) is 56.0 Å². The maximum Gasteiger partial charge on any atom is 0.230 e. The maximum absolute atomic E-state index is 10.8. The monoisotopic (exact) mass is 374 g/mol. The molecule has 0 spiro atoms. The molecule has 3 heterocycles. The Hall–Kier alpha value is -2.16. The summed E-state index contributed by atoms with van der Waals surface area (Å²) in [5.74, 6) is 1.57. The zero-order valence-corrected chi connectivity index (χ0v) is 15.6. The lowest BCUT2D eigenvalue weighted by Gasteiger charge is -2.36. The molecular weight excluding hydrogens is 352 g/mol. The van der Waals surface area contributed by atoms with E-state index in [0.717, 1.165) is 42.1 Å². The second kappa shape index (κ2) is 6.86. The number of likely N-dealkylation sites (tertiary alicyclic amines) is 1. The Labute approximate surface area is 155 Å². The highest BCUT2D eigenvalue weighted by atomic mass is 32.1. The van der Waals surface area contributed by atoms with Crippen LogP contribution in [-0.2, 0) is 0 Å². The summed E-state index contributed by atoms with van der Waals surface area (Å²) < 4.78 is 6.77. The molecule has 0 radical (unpaired) electrons. The molecule has 1 aromatic carbocycles. The van der Waals surface area contributed by atoms with Crippen LogP contribution in [0.3, 0.4) is 0 Å². The number of aromatic hydroxyl groups is 1. The summed E-state index contributed by atoms with van der Waals surface area (Å²) >= 11 is 1.46. The number of methoxy groups -OCH3 is 1. The molecular formula is C18H22N4O3S. The summed E-state index contributed by atoms with van der Waals surface area (Å²) in [5.41, 5.74) is 1.07. The van der Waals surface area contributed by atoms with Gasteiger partial charge in [0.1, 0.15) is 11.6 Å². The molecule has 1 atom stereocenters. The van der Waals surface area contributed by atoms with E-state index in [1.165, 1.54) is 15.9 Å². The Bertz CT molecular complexity index is 897. The van der Waals surface area contributed by atoms with Crippen molar-refractivity contribution in [3.05, 3.63) is 40.5 Å². The van der Waals surface area contributed by atoms with Gasteiger partial charge in [-0.3, -0.25) is 4.90 Å². The Morgan fingerprint density at radius 1 is 1.23 bits per heavy atom. The predicted octanol–water partition coefficient (Wildman–Crippen LogP) is 2.36. The largest absolute Gasteiger partial charge is 0.497 e. The smallest absolute Gasteiger partial charge is 0.230 e. The van der Waals surface area contributed by atoms with Crippen molar-refractivity contribution in [2.75, 3.05) is 20.2 Å². The summed E-state index contributed by atoms with van der Waals surface area (Å²) in [6.45, 7) is 3.35. The number of nitrogens with zero attached hydrogens (tertiary/aromatic N) is 4. The van der Waals surface area contributed by atoms with E-state index in [9.17, 15) is 10.2 Å². The average molecular weight is 374 g/mol. The number of ether oxygens (including phenoxy) is 1. The summed E-state index contributed by atoms with van der Waals surface area (Å²) in [4.78, 5) is 8.19. The second-order valence-corrected chi connectivity index (χ2v) is 7.60. The highest BCUT2D eigenvalue weighted by molar-refractivity contribution is 7.17. The fourth-order valence-electron chi connectivity index (χ4n) is 3.48. The van der Waals surface area contributed by atoms with Crippen LogP contribution in [0.25, 0.3) is 4.96 Å². The molecule has 3 aromatic rings. The van der Waals surface area contributed by atoms with Crippen molar-refractivity contribution in [3.63, 3.8) is 0 Å². The SMILES string of the molecule is COc1ccc([C@@H](c2sc3nc(C)nn3c2O)N2CCC(O)CC2)cc1. The van der Waals surface area contributed by atoms with Crippen molar-refractivity contribution in [2.24, 2.45) is 0 Å². The standard InChI is InChI=1S/C18H22N4O3S/c1-11-19-18-22(20-11)17(24)16(26-18)15(21-9-7-13(23)8-10-21)12-3-5-14(25-2)6-4-12/h3-6,13,15,23-24H,7-10H2,1-2H3/t15-/m0/s1. The number of hydrogen-bond acceptors (Lipinski definition) is 7. The van der Waals surface area contributed by atoms with Gasteiger partial charge in [0, 0.05) is 13.1 Å². The molecule has 1 aliphatic rings. The number of benzene rings is 1. The van der Waals surface area contributed by atoms with E-state index < -0.39 is 0 Å². The summed E-state index contributed by atoms with van der Waals surface area (Å²) in [5, 5.41) is 24.9. The molecule has 1 saturated heterocycles. The first kappa shape index (κ1) is 17.3. The third kappa shape index (κ3) is 3.04. The zero-order valence-electron chi connectivity index (χ0n) is 14.8. The number of piperidine rings is 1. The Kier molecular flexibility index (Phi) is 4.56. The van der Waals surface area contributed by atoms with E-state index in [2.05, 4.69) is 15.0 Å². The molecule has 1 fully saturated rings. The van der Waals surface area contributed by atoms with Crippen LogP contribution in [0.2, 0.25) is 0 Å². The third-order valence-corrected chi connectivity index (χ3v) is 5.92. The van der Waals surface area contributed by atoms with Crippen LogP contribution in [0.1, 0.15) is 35.1 Å². The van der Waals surface area contributed by atoms with Gasteiger partial charge in [-0.25, -0.2) is 4.98 Å². The minimum Gasteiger partial charge on any atom is -0.497 e. The predicted molar refractivity (Wildman–Crippen MR) is 98.9 cm³/mol. The van der Waals surface area contributed by atoms with Gasteiger partial charge in [0.2, 0.25) is 10.8 Å².